The fourth-order valence-electron chi connectivity index (χ4n) is 2.24. The molecule has 0 spiro atoms. The van der Waals surface area contributed by atoms with Gasteiger partial charge in [-0.1, -0.05) is 13.8 Å². The van der Waals surface area contributed by atoms with Crippen LogP contribution in [-0.2, 0) is 4.79 Å². The Hall–Kier alpha value is -1.84. The molecule has 19 heavy (non-hydrogen) atoms. The normalized spacial score (nSPS) is 18.5. The van der Waals surface area contributed by atoms with Crippen molar-refractivity contribution in [1.82, 2.24) is 0 Å². The molecule has 1 aliphatic heterocycles. The lowest BCUT2D eigenvalue weighted by atomic mass is 10.0. The first-order valence-electron chi connectivity index (χ1n) is 6.55. The number of hydrogen-bond donors (Lipinski definition) is 1. The molecule has 0 fully saturated rings. The summed E-state index contributed by atoms with van der Waals surface area (Å²) in [6.07, 6.45) is 0.758. The zero-order valence-corrected chi connectivity index (χ0v) is 11.9. The molecule has 0 aromatic heterocycles. The number of rotatable bonds is 3. The summed E-state index contributed by atoms with van der Waals surface area (Å²) in [5.74, 6) is 1.17. The van der Waals surface area contributed by atoms with Gasteiger partial charge in [0.15, 0.2) is 0 Å². The van der Waals surface area contributed by atoms with Crippen molar-refractivity contribution in [2.24, 2.45) is 10.9 Å². The number of carbonyl (C=O) groups excluding carboxylic acids is 1. The van der Waals surface area contributed by atoms with Crippen molar-refractivity contribution in [3.8, 4) is 5.75 Å². The van der Waals surface area contributed by atoms with E-state index in [0.717, 1.165) is 29.1 Å². The Balaban J connectivity index is 2.39. The highest BCUT2D eigenvalue weighted by atomic mass is 16.5. The second-order valence-electron chi connectivity index (χ2n) is 5.26. The smallest absolute Gasteiger partial charge is 0.249 e. The first-order chi connectivity index (χ1) is 9.01. The van der Waals surface area contributed by atoms with Gasteiger partial charge < -0.3 is 10.1 Å². The molecule has 102 valence electrons. The minimum absolute atomic E-state index is 0.0306. The molecule has 1 unspecified atom stereocenters. The number of benzene rings is 1. The van der Waals surface area contributed by atoms with E-state index < -0.39 is 0 Å². The molecule has 1 aromatic carbocycles. The summed E-state index contributed by atoms with van der Waals surface area (Å²) < 4.78 is 5.22. The number of ether oxygens (including phenoxy) is 1. The number of fused-ring (bicyclic) bond motifs is 1. The SMILES string of the molecule is COc1ccc2c(c1)C(C)=NC(CC(C)C)C(=O)N2. The fourth-order valence-corrected chi connectivity index (χ4v) is 2.24. The van der Waals surface area contributed by atoms with Gasteiger partial charge in [0, 0.05) is 11.3 Å². The maximum atomic E-state index is 12.2. The van der Waals surface area contributed by atoms with E-state index in [1.165, 1.54) is 0 Å². The van der Waals surface area contributed by atoms with Crippen LogP contribution in [-0.4, -0.2) is 24.8 Å². The maximum absolute atomic E-state index is 12.2. The molecular weight excluding hydrogens is 240 g/mol. The lowest BCUT2D eigenvalue weighted by Crippen LogP contribution is -2.26. The van der Waals surface area contributed by atoms with Gasteiger partial charge >= 0.3 is 0 Å². The third kappa shape index (κ3) is 2.95. The number of nitrogens with zero attached hydrogens (tertiary/aromatic N) is 1. The van der Waals surface area contributed by atoms with Crippen molar-refractivity contribution in [2.45, 2.75) is 33.2 Å². The zero-order valence-electron chi connectivity index (χ0n) is 11.9. The van der Waals surface area contributed by atoms with Crippen LogP contribution in [0.4, 0.5) is 5.69 Å². The molecule has 1 atom stereocenters. The third-order valence-electron chi connectivity index (χ3n) is 3.22. The van der Waals surface area contributed by atoms with Gasteiger partial charge in [0.2, 0.25) is 5.91 Å². The number of amides is 1. The molecular formula is C15H20N2O2. The molecule has 1 aromatic rings. The number of methoxy groups -OCH3 is 1. The molecule has 0 bridgehead atoms. The van der Waals surface area contributed by atoms with Crippen LogP contribution in [0.5, 0.6) is 5.75 Å². The van der Waals surface area contributed by atoms with Crippen LogP contribution in [0.3, 0.4) is 0 Å². The second kappa shape index (κ2) is 5.43. The lowest BCUT2D eigenvalue weighted by molar-refractivity contribution is -0.117. The van der Waals surface area contributed by atoms with Gasteiger partial charge in [0.25, 0.3) is 0 Å². The highest BCUT2D eigenvalue weighted by molar-refractivity contribution is 6.11. The third-order valence-corrected chi connectivity index (χ3v) is 3.22. The van der Waals surface area contributed by atoms with Gasteiger partial charge in [-0.25, -0.2) is 0 Å². The van der Waals surface area contributed by atoms with Crippen LogP contribution in [0.2, 0.25) is 0 Å². The highest BCUT2D eigenvalue weighted by Crippen LogP contribution is 2.26. The van der Waals surface area contributed by atoms with E-state index in [-0.39, 0.29) is 11.9 Å². The van der Waals surface area contributed by atoms with Crippen LogP contribution >= 0.6 is 0 Å². The van der Waals surface area contributed by atoms with Crippen molar-refractivity contribution < 1.29 is 9.53 Å². The minimum atomic E-state index is -0.307. The number of anilines is 1. The van der Waals surface area contributed by atoms with E-state index in [4.69, 9.17) is 4.74 Å². The lowest BCUT2D eigenvalue weighted by Gasteiger charge is -2.12. The van der Waals surface area contributed by atoms with Crippen LogP contribution in [0.1, 0.15) is 32.8 Å². The van der Waals surface area contributed by atoms with Crippen LogP contribution < -0.4 is 10.1 Å². The minimum Gasteiger partial charge on any atom is -0.497 e. The number of aliphatic imine (C=N–C) groups is 1. The summed E-state index contributed by atoms with van der Waals surface area (Å²) in [4.78, 5) is 16.7. The summed E-state index contributed by atoms with van der Waals surface area (Å²) in [7, 11) is 1.63. The van der Waals surface area contributed by atoms with Crippen molar-refractivity contribution >= 4 is 17.3 Å². The highest BCUT2D eigenvalue weighted by Gasteiger charge is 2.24. The first-order valence-corrected chi connectivity index (χ1v) is 6.55. The molecule has 0 saturated carbocycles. The summed E-state index contributed by atoms with van der Waals surface area (Å²) >= 11 is 0. The van der Waals surface area contributed by atoms with Crippen molar-refractivity contribution in [2.75, 3.05) is 12.4 Å². The molecule has 0 radical (unpaired) electrons. The Morgan fingerprint density at radius 2 is 2.16 bits per heavy atom. The second-order valence-corrected chi connectivity index (χ2v) is 5.26. The standard InChI is InChI=1S/C15H20N2O2/c1-9(2)7-14-15(18)17-13-6-5-11(19-4)8-12(13)10(3)16-14/h5-6,8-9,14H,7H2,1-4H3,(H,17,18). The Morgan fingerprint density at radius 1 is 1.42 bits per heavy atom. The quantitative estimate of drug-likeness (QED) is 0.908. The van der Waals surface area contributed by atoms with Gasteiger partial charge in [0.1, 0.15) is 11.8 Å². The average molecular weight is 260 g/mol. The van der Waals surface area contributed by atoms with Gasteiger partial charge in [-0.3, -0.25) is 9.79 Å². The zero-order chi connectivity index (χ0) is 14.0. The van der Waals surface area contributed by atoms with Gasteiger partial charge in [-0.15, -0.1) is 0 Å². The van der Waals surface area contributed by atoms with Crippen LogP contribution in [0, 0.1) is 5.92 Å². The summed E-state index contributed by atoms with van der Waals surface area (Å²) in [5.41, 5.74) is 2.61. The Kier molecular flexibility index (Phi) is 3.88. The monoisotopic (exact) mass is 260 g/mol. The number of nitrogens with one attached hydrogen (secondary N) is 1. The summed E-state index contributed by atoms with van der Waals surface area (Å²) in [6.45, 7) is 6.13. The van der Waals surface area contributed by atoms with Gasteiger partial charge in [-0.2, -0.15) is 0 Å². The fraction of sp³-hybridized carbons (Fsp3) is 0.467. The molecule has 1 aliphatic rings. The Labute approximate surface area is 113 Å². The first kappa shape index (κ1) is 13.6. The number of benzodiazepines with no additional fused rings is 1. The summed E-state index contributed by atoms with van der Waals surface area (Å²) in [5, 5.41) is 2.95. The van der Waals surface area contributed by atoms with Crippen LogP contribution in [0.25, 0.3) is 0 Å². The Bertz CT molecular complexity index is 521. The molecule has 4 heteroatoms. The van der Waals surface area contributed by atoms with Crippen molar-refractivity contribution in [3.63, 3.8) is 0 Å². The molecule has 2 rings (SSSR count). The van der Waals surface area contributed by atoms with E-state index in [0.29, 0.717) is 5.92 Å². The summed E-state index contributed by atoms with van der Waals surface area (Å²) in [6, 6.07) is 5.31. The molecule has 1 heterocycles. The van der Waals surface area contributed by atoms with Crippen molar-refractivity contribution in [1.29, 1.82) is 0 Å². The average Bonchev–Trinajstić information content (AvgIpc) is 2.47. The van der Waals surface area contributed by atoms with E-state index in [1.54, 1.807) is 7.11 Å². The van der Waals surface area contributed by atoms with Crippen molar-refractivity contribution in [3.05, 3.63) is 23.8 Å². The van der Waals surface area contributed by atoms with E-state index in [1.807, 2.05) is 25.1 Å². The predicted octanol–water partition coefficient (Wildman–Crippen LogP) is 2.87. The molecule has 1 N–H and O–H groups in total. The van der Waals surface area contributed by atoms with E-state index >= 15 is 0 Å². The number of carbonyl (C=O) groups is 1. The predicted molar refractivity (Wildman–Crippen MR) is 77.1 cm³/mol. The van der Waals surface area contributed by atoms with E-state index in [9.17, 15) is 4.79 Å². The van der Waals surface area contributed by atoms with Gasteiger partial charge in [-0.05, 0) is 37.5 Å². The van der Waals surface area contributed by atoms with Gasteiger partial charge in [0.05, 0.1) is 12.8 Å². The molecule has 1 amide bonds. The topological polar surface area (TPSA) is 50.7 Å². The number of hydrogen-bond acceptors (Lipinski definition) is 3. The molecule has 0 saturated heterocycles. The maximum Gasteiger partial charge on any atom is 0.249 e. The largest absolute Gasteiger partial charge is 0.497 e. The molecule has 4 nitrogen and oxygen atoms in total. The van der Waals surface area contributed by atoms with E-state index in [2.05, 4.69) is 24.2 Å². The molecule has 0 aliphatic carbocycles. The Morgan fingerprint density at radius 3 is 2.79 bits per heavy atom. The van der Waals surface area contributed by atoms with Crippen LogP contribution in [0.15, 0.2) is 23.2 Å².